The summed E-state index contributed by atoms with van der Waals surface area (Å²) in [4.78, 5) is 24.3. The summed E-state index contributed by atoms with van der Waals surface area (Å²) in [6.45, 7) is 3.94. The molecule has 0 spiro atoms. The summed E-state index contributed by atoms with van der Waals surface area (Å²) >= 11 is 0. The van der Waals surface area contributed by atoms with Crippen molar-refractivity contribution in [2.75, 3.05) is 18.0 Å². The van der Waals surface area contributed by atoms with Gasteiger partial charge in [-0.15, -0.1) is 0 Å². The first-order valence-electron chi connectivity index (χ1n) is 6.45. The lowest BCUT2D eigenvalue weighted by atomic mass is 10.2. The topological polar surface area (TPSA) is 49.4 Å². The molecular formula is C14H18F2N2O2. The molecule has 0 aliphatic carbocycles. The van der Waals surface area contributed by atoms with E-state index in [9.17, 15) is 18.4 Å². The van der Waals surface area contributed by atoms with Crippen LogP contribution in [0.15, 0.2) is 18.2 Å². The maximum atomic E-state index is 13.2. The number of anilines is 1. The Morgan fingerprint density at radius 1 is 1.25 bits per heavy atom. The molecule has 1 aromatic carbocycles. The Morgan fingerprint density at radius 2 is 1.95 bits per heavy atom. The molecule has 0 saturated carbocycles. The fourth-order valence-electron chi connectivity index (χ4n) is 1.69. The molecule has 0 unspecified atom stereocenters. The standard InChI is InChI=1S/C14H18F2N2O2/c1-3-7-17-14(20)6-8-18(10(2)19)11-4-5-12(15)13(16)9-11/h4-5,9H,3,6-8H2,1-2H3,(H,17,20). The van der Waals surface area contributed by atoms with Crippen LogP contribution in [0.5, 0.6) is 0 Å². The third-order valence-electron chi connectivity index (χ3n) is 2.73. The second kappa shape index (κ2) is 7.57. The number of carbonyl (C=O) groups is 2. The predicted octanol–water partition coefficient (Wildman–Crippen LogP) is 2.23. The van der Waals surface area contributed by atoms with E-state index in [4.69, 9.17) is 0 Å². The number of nitrogens with zero attached hydrogens (tertiary/aromatic N) is 1. The van der Waals surface area contributed by atoms with Crippen LogP contribution < -0.4 is 10.2 Å². The third kappa shape index (κ3) is 4.60. The lowest BCUT2D eigenvalue weighted by Crippen LogP contribution is -2.34. The molecular weight excluding hydrogens is 266 g/mol. The summed E-state index contributed by atoms with van der Waals surface area (Å²) in [6, 6.07) is 3.21. The normalized spacial score (nSPS) is 10.2. The molecule has 0 radical (unpaired) electrons. The van der Waals surface area contributed by atoms with Crippen LogP contribution in [0.25, 0.3) is 0 Å². The highest BCUT2D eigenvalue weighted by molar-refractivity contribution is 5.92. The molecule has 1 rings (SSSR count). The molecule has 0 aliphatic heterocycles. The molecule has 0 atom stereocenters. The Balaban J connectivity index is 2.72. The van der Waals surface area contributed by atoms with Gasteiger partial charge < -0.3 is 10.2 Å². The van der Waals surface area contributed by atoms with E-state index in [1.807, 2.05) is 6.92 Å². The Bertz CT molecular complexity index is 492. The van der Waals surface area contributed by atoms with Gasteiger partial charge >= 0.3 is 0 Å². The largest absolute Gasteiger partial charge is 0.356 e. The van der Waals surface area contributed by atoms with Crippen molar-refractivity contribution in [2.45, 2.75) is 26.7 Å². The van der Waals surface area contributed by atoms with Gasteiger partial charge in [-0.3, -0.25) is 9.59 Å². The van der Waals surface area contributed by atoms with E-state index >= 15 is 0 Å². The van der Waals surface area contributed by atoms with E-state index in [2.05, 4.69) is 5.32 Å². The Labute approximate surface area is 116 Å². The first kappa shape index (κ1) is 16.1. The summed E-state index contributed by atoms with van der Waals surface area (Å²) < 4.78 is 26.1. The van der Waals surface area contributed by atoms with Gasteiger partial charge in [0.15, 0.2) is 11.6 Å². The molecule has 0 aliphatic rings. The minimum atomic E-state index is -1.02. The minimum Gasteiger partial charge on any atom is -0.356 e. The van der Waals surface area contributed by atoms with Gasteiger partial charge in [0, 0.05) is 38.2 Å². The van der Waals surface area contributed by atoms with Gasteiger partial charge in [0.05, 0.1) is 0 Å². The molecule has 0 saturated heterocycles. The second-order valence-corrected chi connectivity index (χ2v) is 4.37. The van der Waals surface area contributed by atoms with Crippen molar-refractivity contribution in [3.63, 3.8) is 0 Å². The van der Waals surface area contributed by atoms with Crippen molar-refractivity contribution in [3.8, 4) is 0 Å². The van der Waals surface area contributed by atoms with Crippen LogP contribution in [0.4, 0.5) is 14.5 Å². The fraction of sp³-hybridized carbons (Fsp3) is 0.429. The van der Waals surface area contributed by atoms with Crippen LogP contribution in [-0.2, 0) is 9.59 Å². The number of carbonyl (C=O) groups excluding carboxylic acids is 2. The van der Waals surface area contributed by atoms with Crippen LogP contribution in [0, 0.1) is 11.6 Å². The lowest BCUT2D eigenvalue weighted by molar-refractivity contribution is -0.121. The van der Waals surface area contributed by atoms with Gasteiger partial charge in [0.25, 0.3) is 0 Å². The molecule has 0 bridgehead atoms. The average Bonchev–Trinajstić information content (AvgIpc) is 2.40. The van der Waals surface area contributed by atoms with Gasteiger partial charge in [-0.2, -0.15) is 0 Å². The van der Waals surface area contributed by atoms with Gasteiger partial charge in [-0.1, -0.05) is 6.92 Å². The molecule has 4 nitrogen and oxygen atoms in total. The lowest BCUT2D eigenvalue weighted by Gasteiger charge is -2.21. The van der Waals surface area contributed by atoms with E-state index in [0.717, 1.165) is 18.6 Å². The summed E-state index contributed by atoms with van der Waals surface area (Å²) in [5, 5.41) is 2.69. The van der Waals surface area contributed by atoms with Crippen LogP contribution in [-0.4, -0.2) is 24.9 Å². The van der Waals surface area contributed by atoms with Crippen molar-refractivity contribution in [1.29, 1.82) is 0 Å². The fourth-order valence-corrected chi connectivity index (χ4v) is 1.69. The van der Waals surface area contributed by atoms with Crippen molar-refractivity contribution < 1.29 is 18.4 Å². The SMILES string of the molecule is CCCNC(=O)CCN(C(C)=O)c1ccc(F)c(F)c1. The maximum absolute atomic E-state index is 13.2. The number of nitrogens with one attached hydrogen (secondary N) is 1. The van der Waals surface area contributed by atoms with Crippen molar-refractivity contribution in [1.82, 2.24) is 5.32 Å². The second-order valence-electron chi connectivity index (χ2n) is 4.37. The highest BCUT2D eigenvalue weighted by Gasteiger charge is 2.15. The van der Waals surface area contributed by atoms with Crippen molar-refractivity contribution in [2.24, 2.45) is 0 Å². The molecule has 2 amide bonds. The minimum absolute atomic E-state index is 0.110. The Kier molecular flexibility index (Phi) is 6.09. The monoisotopic (exact) mass is 284 g/mol. The molecule has 0 heterocycles. The molecule has 6 heteroatoms. The molecule has 20 heavy (non-hydrogen) atoms. The summed E-state index contributed by atoms with van der Waals surface area (Å²) in [5.41, 5.74) is 0.236. The molecule has 0 aromatic heterocycles. The molecule has 110 valence electrons. The first-order chi connectivity index (χ1) is 9.45. The summed E-state index contributed by atoms with van der Waals surface area (Å²) in [7, 11) is 0. The average molecular weight is 284 g/mol. The van der Waals surface area contributed by atoms with E-state index in [1.54, 1.807) is 0 Å². The van der Waals surface area contributed by atoms with Crippen LogP contribution >= 0.6 is 0 Å². The first-order valence-corrected chi connectivity index (χ1v) is 6.45. The van der Waals surface area contributed by atoms with Gasteiger partial charge in [0.2, 0.25) is 11.8 Å². The highest BCUT2D eigenvalue weighted by atomic mass is 19.2. The van der Waals surface area contributed by atoms with Gasteiger partial charge in [-0.05, 0) is 18.6 Å². The zero-order valence-corrected chi connectivity index (χ0v) is 11.6. The van der Waals surface area contributed by atoms with Gasteiger partial charge in [-0.25, -0.2) is 8.78 Å². The third-order valence-corrected chi connectivity index (χ3v) is 2.73. The molecule has 1 aromatic rings. The number of halogens is 2. The van der Waals surface area contributed by atoms with Gasteiger partial charge in [0.1, 0.15) is 0 Å². The Hall–Kier alpha value is -1.98. The van der Waals surface area contributed by atoms with Crippen molar-refractivity contribution in [3.05, 3.63) is 29.8 Å². The van der Waals surface area contributed by atoms with E-state index in [1.165, 1.54) is 17.9 Å². The molecule has 1 N–H and O–H groups in total. The number of hydrogen-bond acceptors (Lipinski definition) is 2. The number of rotatable bonds is 6. The molecule has 0 fully saturated rings. The van der Waals surface area contributed by atoms with Crippen LogP contribution in [0.2, 0.25) is 0 Å². The number of hydrogen-bond donors (Lipinski definition) is 1. The summed E-state index contributed by atoms with van der Waals surface area (Å²) in [5.74, 6) is -2.51. The van der Waals surface area contributed by atoms with E-state index < -0.39 is 11.6 Å². The summed E-state index contributed by atoms with van der Waals surface area (Å²) in [6.07, 6.45) is 0.934. The van der Waals surface area contributed by atoms with E-state index in [0.29, 0.717) is 6.54 Å². The predicted molar refractivity (Wildman–Crippen MR) is 72.3 cm³/mol. The van der Waals surface area contributed by atoms with E-state index in [-0.39, 0.29) is 30.5 Å². The van der Waals surface area contributed by atoms with Crippen LogP contribution in [0.3, 0.4) is 0 Å². The maximum Gasteiger partial charge on any atom is 0.223 e. The smallest absolute Gasteiger partial charge is 0.223 e. The zero-order chi connectivity index (χ0) is 15.1. The zero-order valence-electron chi connectivity index (χ0n) is 11.6. The highest BCUT2D eigenvalue weighted by Crippen LogP contribution is 2.18. The van der Waals surface area contributed by atoms with Crippen molar-refractivity contribution >= 4 is 17.5 Å². The number of amides is 2. The Morgan fingerprint density at radius 3 is 2.50 bits per heavy atom. The number of benzene rings is 1. The quantitative estimate of drug-likeness (QED) is 0.871. The van der Waals surface area contributed by atoms with Crippen LogP contribution in [0.1, 0.15) is 26.7 Å².